The highest BCUT2D eigenvalue weighted by Crippen LogP contribution is 2.31. The van der Waals surface area contributed by atoms with Gasteiger partial charge < -0.3 is 9.88 Å². The van der Waals surface area contributed by atoms with Crippen LogP contribution in [0.5, 0.6) is 0 Å². The number of fused-ring (bicyclic) bond motifs is 1. The van der Waals surface area contributed by atoms with E-state index in [2.05, 4.69) is 94.9 Å². The van der Waals surface area contributed by atoms with Crippen molar-refractivity contribution in [2.24, 2.45) is 0 Å². The molecule has 3 heterocycles. The normalized spacial score (nSPS) is 17.3. The van der Waals surface area contributed by atoms with Crippen molar-refractivity contribution in [1.29, 1.82) is 0 Å². The van der Waals surface area contributed by atoms with Crippen LogP contribution in [0.25, 0.3) is 22.4 Å². The number of rotatable bonds is 5. The van der Waals surface area contributed by atoms with Crippen molar-refractivity contribution >= 4 is 28.5 Å². The summed E-state index contributed by atoms with van der Waals surface area (Å²) in [7, 11) is 0. The Kier molecular flexibility index (Phi) is 6.55. The second kappa shape index (κ2) is 9.63. The Hall–Kier alpha value is -2.90. The van der Waals surface area contributed by atoms with Crippen molar-refractivity contribution in [2.75, 3.05) is 30.8 Å². The number of aromatic amines is 1. The highest BCUT2D eigenvalue weighted by molar-refractivity contribution is 7.98. The van der Waals surface area contributed by atoms with E-state index in [1.165, 1.54) is 16.8 Å². The number of H-pyrrole nitrogens is 1. The fraction of sp³-hybridized carbons (Fsp3) is 0.393. The van der Waals surface area contributed by atoms with Crippen LogP contribution in [0.4, 0.5) is 5.69 Å². The van der Waals surface area contributed by atoms with E-state index < -0.39 is 0 Å². The molecular formula is C28H34N6S. The van der Waals surface area contributed by atoms with Gasteiger partial charge in [0.1, 0.15) is 11.3 Å². The summed E-state index contributed by atoms with van der Waals surface area (Å²) >= 11 is 1.57. The second-order valence-corrected chi connectivity index (χ2v) is 11.2. The average Bonchev–Trinajstić information content (AvgIpc) is 3.30. The number of hydrogen-bond donors (Lipinski definition) is 1. The lowest BCUT2D eigenvalue weighted by atomic mass is 9.87. The first kappa shape index (κ1) is 23.8. The van der Waals surface area contributed by atoms with E-state index in [0.717, 1.165) is 53.8 Å². The molecule has 4 aromatic rings. The molecule has 5 rings (SSSR count). The zero-order chi connectivity index (χ0) is 24.6. The average molecular weight is 487 g/mol. The van der Waals surface area contributed by atoms with Crippen LogP contribution in [0.3, 0.4) is 0 Å². The number of aromatic nitrogens is 4. The molecule has 35 heavy (non-hydrogen) atoms. The summed E-state index contributed by atoms with van der Waals surface area (Å²) in [6.07, 6.45) is 5.91. The summed E-state index contributed by atoms with van der Waals surface area (Å²) in [5, 5.41) is 0.822. The highest BCUT2D eigenvalue weighted by Gasteiger charge is 2.26. The molecule has 0 saturated carbocycles. The summed E-state index contributed by atoms with van der Waals surface area (Å²) in [5.74, 6) is 0.924. The van der Waals surface area contributed by atoms with E-state index >= 15 is 0 Å². The third-order valence-electron chi connectivity index (χ3n) is 6.87. The molecule has 2 aromatic carbocycles. The lowest BCUT2D eigenvalue weighted by Gasteiger charge is -2.41. The number of benzene rings is 2. The molecular weight excluding hydrogens is 452 g/mol. The highest BCUT2D eigenvalue weighted by atomic mass is 32.2. The van der Waals surface area contributed by atoms with E-state index in [9.17, 15) is 0 Å². The summed E-state index contributed by atoms with van der Waals surface area (Å²) in [4.78, 5) is 22.5. The topological polar surface area (TPSA) is 60.9 Å². The van der Waals surface area contributed by atoms with Crippen molar-refractivity contribution in [1.82, 2.24) is 24.8 Å². The number of thioether (sulfide) groups is 1. The fourth-order valence-electron chi connectivity index (χ4n) is 4.75. The molecule has 182 valence electrons. The Morgan fingerprint density at radius 2 is 1.77 bits per heavy atom. The van der Waals surface area contributed by atoms with Crippen LogP contribution in [0.2, 0.25) is 0 Å². The lowest BCUT2D eigenvalue weighted by Crippen LogP contribution is -2.51. The Labute approximate surface area is 212 Å². The van der Waals surface area contributed by atoms with Crippen LogP contribution in [-0.2, 0) is 12.0 Å². The van der Waals surface area contributed by atoms with Crippen LogP contribution in [-0.4, -0.2) is 56.8 Å². The number of piperazine rings is 1. The summed E-state index contributed by atoms with van der Waals surface area (Å²) < 4.78 is 0. The molecule has 1 atom stereocenters. The van der Waals surface area contributed by atoms with Gasteiger partial charge in [0.05, 0.1) is 11.2 Å². The minimum Gasteiger partial charge on any atom is -0.367 e. The van der Waals surface area contributed by atoms with Crippen LogP contribution >= 0.6 is 11.8 Å². The van der Waals surface area contributed by atoms with Crippen molar-refractivity contribution in [3.63, 3.8) is 0 Å². The second-order valence-electron chi connectivity index (χ2n) is 10.4. The molecule has 0 unspecified atom stereocenters. The standard InChI is InChI=1S/C28H34N6S/c1-19-17-34(14-13-33(19)18-20-15-29-27(35-5)30-16-20)24-8-6-7-23-25(24)32-26(31-23)21-9-11-22(12-10-21)28(2,3)4/h6-12,15-16,19H,13-14,17-18H2,1-5H3,(H,31,32)/t19-/m0/s1. The van der Waals surface area contributed by atoms with Crippen molar-refractivity contribution in [3.8, 4) is 11.4 Å². The third kappa shape index (κ3) is 5.07. The Morgan fingerprint density at radius 1 is 1.03 bits per heavy atom. The van der Waals surface area contributed by atoms with Gasteiger partial charge in [0.25, 0.3) is 0 Å². The predicted octanol–water partition coefficient (Wildman–Crippen LogP) is 5.75. The quantitative estimate of drug-likeness (QED) is 0.286. The summed E-state index contributed by atoms with van der Waals surface area (Å²) in [6, 6.07) is 15.6. The van der Waals surface area contributed by atoms with Crippen molar-refractivity contribution in [3.05, 3.63) is 66.0 Å². The third-order valence-corrected chi connectivity index (χ3v) is 7.45. The smallest absolute Gasteiger partial charge is 0.187 e. The summed E-state index contributed by atoms with van der Waals surface area (Å²) in [6.45, 7) is 12.8. The predicted molar refractivity (Wildman–Crippen MR) is 146 cm³/mol. The molecule has 1 aliphatic heterocycles. The Morgan fingerprint density at radius 3 is 2.43 bits per heavy atom. The molecule has 0 radical (unpaired) electrons. The molecule has 1 saturated heterocycles. The zero-order valence-electron chi connectivity index (χ0n) is 21.2. The van der Waals surface area contributed by atoms with Crippen molar-refractivity contribution < 1.29 is 0 Å². The molecule has 6 nitrogen and oxygen atoms in total. The summed E-state index contributed by atoms with van der Waals surface area (Å²) in [5.41, 5.74) is 7.09. The molecule has 2 aromatic heterocycles. The number of hydrogen-bond acceptors (Lipinski definition) is 6. The van der Waals surface area contributed by atoms with Gasteiger partial charge in [-0.2, -0.15) is 0 Å². The van der Waals surface area contributed by atoms with Gasteiger partial charge in [-0.25, -0.2) is 15.0 Å². The number of nitrogens with zero attached hydrogens (tertiary/aromatic N) is 5. The Balaban J connectivity index is 1.33. The molecule has 1 aliphatic rings. The van der Waals surface area contributed by atoms with Gasteiger partial charge in [-0.15, -0.1) is 0 Å². The maximum Gasteiger partial charge on any atom is 0.187 e. The van der Waals surface area contributed by atoms with Crippen LogP contribution in [0.15, 0.2) is 60.0 Å². The van der Waals surface area contributed by atoms with Gasteiger partial charge in [-0.3, -0.25) is 4.90 Å². The minimum atomic E-state index is 0.142. The Bertz CT molecular complexity index is 1290. The first-order valence-electron chi connectivity index (χ1n) is 12.3. The van der Waals surface area contributed by atoms with Gasteiger partial charge >= 0.3 is 0 Å². The number of imidazole rings is 1. The zero-order valence-corrected chi connectivity index (χ0v) is 22.1. The van der Waals surface area contributed by atoms with E-state index in [1.807, 2.05) is 18.6 Å². The van der Waals surface area contributed by atoms with Crippen molar-refractivity contribution in [2.45, 2.75) is 50.9 Å². The first-order chi connectivity index (χ1) is 16.8. The number of para-hydroxylation sites is 1. The maximum absolute atomic E-state index is 5.05. The van der Waals surface area contributed by atoms with Crippen LogP contribution in [0.1, 0.15) is 38.8 Å². The molecule has 0 amide bonds. The molecule has 7 heteroatoms. The van der Waals surface area contributed by atoms with Gasteiger partial charge in [-0.1, -0.05) is 62.9 Å². The molecule has 0 aliphatic carbocycles. The maximum atomic E-state index is 5.05. The SMILES string of the molecule is CSc1ncc(CN2CCN(c3cccc4[nH]c(-c5ccc(C(C)(C)C)cc5)nc34)C[C@@H]2C)cn1. The monoisotopic (exact) mass is 486 g/mol. The van der Waals surface area contributed by atoms with Gasteiger partial charge in [0.15, 0.2) is 5.16 Å². The molecule has 1 fully saturated rings. The number of nitrogens with one attached hydrogen (secondary N) is 1. The fourth-order valence-corrected chi connectivity index (χ4v) is 5.07. The molecule has 0 bridgehead atoms. The molecule has 1 N–H and O–H groups in total. The van der Waals surface area contributed by atoms with Crippen LogP contribution in [0, 0.1) is 0 Å². The largest absolute Gasteiger partial charge is 0.367 e. The molecule has 0 spiro atoms. The minimum absolute atomic E-state index is 0.142. The van der Waals surface area contributed by atoms with Crippen LogP contribution < -0.4 is 4.90 Å². The van der Waals surface area contributed by atoms with E-state index in [4.69, 9.17) is 4.98 Å². The van der Waals surface area contributed by atoms with Gasteiger partial charge in [-0.05, 0) is 36.3 Å². The van der Waals surface area contributed by atoms with E-state index in [1.54, 1.807) is 11.8 Å². The lowest BCUT2D eigenvalue weighted by molar-refractivity contribution is 0.180. The first-order valence-corrected chi connectivity index (χ1v) is 13.5. The van der Waals surface area contributed by atoms with E-state index in [0.29, 0.717) is 6.04 Å². The van der Waals surface area contributed by atoms with Gasteiger partial charge in [0.2, 0.25) is 0 Å². The number of anilines is 1. The van der Waals surface area contributed by atoms with Gasteiger partial charge in [0, 0.05) is 55.7 Å². The van der Waals surface area contributed by atoms with E-state index in [-0.39, 0.29) is 5.41 Å².